The van der Waals surface area contributed by atoms with E-state index in [0.717, 1.165) is 17.1 Å². The Morgan fingerprint density at radius 2 is 2.07 bits per heavy atom. The van der Waals surface area contributed by atoms with Crippen molar-refractivity contribution in [1.82, 2.24) is 0 Å². The fourth-order valence-corrected chi connectivity index (χ4v) is 2.50. The lowest BCUT2D eigenvalue weighted by molar-refractivity contribution is 0.549. The van der Waals surface area contributed by atoms with Gasteiger partial charge in [0, 0.05) is 24.2 Å². The monoisotopic (exact) mass is 224 g/mol. The van der Waals surface area contributed by atoms with Gasteiger partial charge < -0.3 is 10.2 Å². The Balaban J connectivity index is 2.55. The molecule has 82 valence electrons. The maximum absolute atomic E-state index is 6.13. The van der Waals surface area contributed by atoms with Crippen molar-refractivity contribution in [3.8, 4) is 0 Å². The van der Waals surface area contributed by atoms with Crippen LogP contribution >= 0.6 is 11.6 Å². The number of likely N-dealkylation sites (N-methyl/N-ethyl adjacent to an activating group) is 1. The molecule has 1 aliphatic rings. The highest BCUT2D eigenvalue weighted by atomic mass is 35.5. The van der Waals surface area contributed by atoms with Gasteiger partial charge in [-0.2, -0.15) is 0 Å². The zero-order valence-corrected chi connectivity index (χ0v) is 10.4. The summed E-state index contributed by atoms with van der Waals surface area (Å²) >= 11 is 6.13. The summed E-state index contributed by atoms with van der Waals surface area (Å²) in [5, 5.41) is 4.37. The molecule has 0 atom stereocenters. The van der Waals surface area contributed by atoms with E-state index in [-0.39, 0.29) is 5.54 Å². The molecule has 0 unspecified atom stereocenters. The van der Waals surface area contributed by atoms with E-state index in [1.54, 1.807) is 0 Å². The maximum Gasteiger partial charge on any atom is 0.0645 e. The molecule has 1 heterocycles. The van der Waals surface area contributed by atoms with Crippen LogP contribution in [0.4, 0.5) is 11.4 Å². The number of benzene rings is 1. The highest BCUT2D eigenvalue weighted by Gasteiger charge is 2.28. The molecule has 0 radical (unpaired) electrons. The Kier molecular flexibility index (Phi) is 2.34. The van der Waals surface area contributed by atoms with Gasteiger partial charge in [-0.05, 0) is 38.5 Å². The molecule has 0 saturated heterocycles. The third-order valence-electron chi connectivity index (χ3n) is 2.85. The first-order valence-corrected chi connectivity index (χ1v) is 5.57. The second kappa shape index (κ2) is 3.31. The first kappa shape index (κ1) is 10.6. The molecule has 0 bridgehead atoms. The van der Waals surface area contributed by atoms with Gasteiger partial charge in [-0.1, -0.05) is 11.6 Å². The summed E-state index contributed by atoms with van der Waals surface area (Å²) in [7, 11) is 2.12. The molecule has 3 heteroatoms. The van der Waals surface area contributed by atoms with Crippen molar-refractivity contribution in [3.05, 3.63) is 22.7 Å². The molecule has 1 N–H and O–H groups in total. The lowest BCUT2D eigenvalue weighted by Crippen LogP contribution is -2.47. The van der Waals surface area contributed by atoms with Gasteiger partial charge in [0.2, 0.25) is 0 Å². The van der Waals surface area contributed by atoms with E-state index < -0.39 is 0 Å². The highest BCUT2D eigenvalue weighted by Crippen LogP contribution is 2.38. The summed E-state index contributed by atoms with van der Waals surface area (Å²) in [4.78, 5) is 2.27. The molecule has 1 aliphatic heterocycles. The van der Waals surface area contributed by atoms with E-state index in [1.807, 2.05) is 6.07 Å². The topological polar surface area (TPSA) is 15.3 Å². The standard InChI is InChI=1S/C12H17ClN2/c1-8-9(13)5-6-10-11(8)15(4)7-12(2,3)14-10/h5-6,14H,7H2,1-4H3. The third-order valence-corrected chi connectivity index (χ3v) is 3.26. The molecule has 2 rings (SSSR count). The third kappa shape index (κ3) is 1.78. The number of anilines is 2. The number of fused-ring (bicyclic) bond motifs is 1. The molecule has 1 aromatic carbocycles. The van der Waals surface area contributed by atoms with Crippen LogP contribution in [0.2, 0.25) is 5.02 Å². The van der Waals surface area contributed by atoms with E-state index in [2.05, 4.69) is 44.1 Å². The van der Waals surface area contributed by atoms with E-state index >= 15 is 0 Å². The predicted octanol–water partition coefficient (Wildman–Crippen LogP) is 3.29. The normalized spacial score (nSPS) is 18.3. The van der Waals surface area contributed by atoms with Crippen LogP contribution in [-0.2, 0) is 0 Å². The van der Waals surface area contributed by atoms with E-state index in [0.29, 0.717) is 0 Å². The average Bonchev–Trinajstić information content (AvgIpc) is 2.09. The van der Waals surface area contributed by atoms with Crippen LogP contribution < -0.4 is 10.2 Å². The zero-order chi connectivity index (χ0) is 11.2. The Morgan fingerprint density at radius 3 is 2.73 bits per heavy atom. The van der Waals surface area contributed by atoms with Gasteiger partial charge in [-0.15, -0.1) is 0 Å². The van der Waals surface area contributed by atoms with Crippen molar-refractivity contribution in [2.45, 2.75) is 26.3 Å². The largest absolute Gasteiger partial charge is 0.377 e. The van der Waals surface area contributed by atoms with Gasteiger partial charge in [0.05, 0.1) is 11.4 Å². The lowest BCUT2D eigenvalue weighted by atomic mass is 9.98. The minimum absolute atomic E-state index is 0.113. The van der Waals surface area contributed by atoms with Crippen LogP contribution in [0.25, 0.3) is 0 Å². The van der Waals surface area contributed by atoms with E-state index in [1.165, 1.54) is 11.4 Å². The van der Waals surface area contributed by atoms with Gasteiger partial charge in [-0.3, -0.25) is 0 Å². The summed E-state index contributed by atoms with van der Waals surface area (Å²) < 4.78 is 0. The smallest absolute Gasteiger partial charge is 0.0645 e. The molecule has 0 amide bonds. The number of rotatable bonds is 0. The predicted molar refractivity (Wildman–Crippen MR) is 67.2 cm³/mol. The van der Waals surface area contributed by atoms with Crippen LogP contribution in [0.1, 0.15) is 19.4 Å². The molecule has 0 saturated carbocycles. The van der Waals surface area contributed by atoms with E-state index in [9.17, 15) is 0 Å². The number of hydrogen-bond acceptors (Lipinski definition) is 2. The molecule has 1 aromatic rings. The Hall–Kier alpha value is -0.890. The lowest BCUT2D eigenvalue weighted by Gasteiger charge is -2.41. The van der Waals surface area contributed by atoms with Crippen molar-refractivity contribution in [1.29, 1.82) is 0 Å². The average molecular weight is 225 g/mol. The van der Waals surface area contributed by atoms with Crippen LogP contribution in [0.5, 0.6) is 0 Å². The number of nitrogens with zero attached hydrogens (tertiary/aromatic N) is 1. The van der Waals surface area contributed by atoms with Crippen LogP contribution in [0.3, 0.4) is 0 Å². The summed E-state index contributed by atoms with van der Waals surface area (Å²) in [5.41, 5.74) is 3.67. The van der Waals surface area contributed by atoms with Crippen molar-refractivity contribution in [2.24, 2.45) is 0 Å². The first-order valence-electron chi connectivity index (χ1n) is 5.19. The first-order chi connectivity index (χ1) is 6.91. The van der Waals surface area contributed by atoms with Gasteiger partial charge >= 0.3 is 0 Å². The number of halogens is 1. The molecule has 0 aromatic heterocycles. The Labute approximate surface area is 96.2 Å². The second-order valence-electron chi connectivity index (χ2n) is 4.93. The van der Waals surface area contributed by atoms with Gasteiger partial charge in [-0.25, -0.2) is 0 Å². The summed E-state index contributed by atoms with van der Waals surface area (Å²) in [6, 6.07) is 4.01. The number of hydrogen-bond donors (Lipinski definition) is 1. The molecule has 15 heavy (non-hydrogen) atoms. The Morgan fingerprint density at radius 1 is 1.40 bits per heavy atom. The van der Waals surface area contributed by atoms with Gasteiger partial charge in [0.15, 0.2) is 0 Å². The maximum atomic E-state index is 6.13. The number of nitrogens with one attached hydrogen (secondary N) is 1. The van der Waals surface area contributed by atoms with Crippen LogP contribution in [-0.4, -0.2) is 19.1 Å². The molecule has 0 aliphatic carbocycles. The van der Waals surface area contributed by atoms with Crippen LogP contribution in [0.15, 0.2) is 12.1 Å². The van der Waals surface area contributed by atoms with Gasteiger partial charge in [0.1, 0.15) is 0 Å². The minimum atomic E-state index is 0.113. The highest BCUT2D eigenvalue weighted by molar-refractivity contribution is 6.32. The van der Waals surface area contributed by atoms with Crippen molar-refractivity contribution in [2.75, 3.05) is 23.8 Å². The molecule has 0 spiro atoms. The van der Waals surface area contributed by atoms with Gasteiger partial charge in [0.25, 0.3) is 0 Å². The summed E-state index contributed by atoms with van der Waals surface area (Å²) in [5.74, 6) is 0. The minimum Gasteiger partial charge on any atom is -0.377 e. The molecular formula is C12H17ClN2. The molecular weight excluding hydrogens is 208 g/mol. The SMILES string of the molecule is Cc1c(Cl)ccc2c1N(C)CC(C)(C)N2. The fourth-order valence-electron chi connectivity index (χ4n) is 2.34. The van der Waals surface area contributed by atoms with Crippen molar-refractivity contribution < 1.29 is 0 Å². The fraction of sp³-hybridized carbons (Fsp3) is 0.500. The van der Waals surface area contributed by atoms with Crippen molar-refractivity contribution >= 4 is 23.0 Å². The summed E-state index contributed by atoms with van der Waals surface area (Å²) in [6.07, 6.45) is 0. The Bertz CT molecular complexity index is 399. The van der Waals surface area contributed by atoms with Crippen LogP contribution in [0, 0.1) is 6.92 Å². The van der Waals surface area contributed by atoms with Crippen molar-refractivity contribution in [3.63, 3.8) is 0 Å². The quantitative estimate of drug-likeness (QED) is 0.728. The molecule has 0 fully saturated rings. The summed E-state index contributed by atoms with van der Waals surface area (Å²) in [6.45, 7) is 7.46. The second-order valence-corrected chi connectivity index (χ2v) is 5.34. The van der Waals surface area contributed by atoms with E-state index in [4.69, 9.17) is 11.6 Å². The zero-order valence-electron chi connectivity index (χ0n) is 9.69. The molecule has 2 nitrogen and oxygen atoms in total.